The predicted octanol–water partition coefficient (Wildman–Crippen LogP) is 4.38. The van der Waals surface area contributed by atoms with E-state index in [2.05, 4.69) is 9.97 Å². The van der Waals surface area contributed by atoms with Crippen LogP contribution in [0.3, 0.4) is 0 Å². The summed E-state index contributed by atoms with van der Waals surface area (Å²) in [5.41, 5.74) is 2.40. The van der Waals surface area contributed by atoms with E-state index in [0.717, 1.165) is 15.8 Å². The number of Topliss-reactive ketones (excluding diaryl/α,β-unsaturated/α-hetero) is 1. The largest absolute Gasteiger partial charge is 0.503 e. The Morgan fingerprint density at radius 1 is 1.20 bits per heavy atom. The van der Waals surface area contributed by atoms with Gasteiger partial charge in [0.15, 0.2) is 16.7 Å². The van der Waals surface area contributed by atoms with Crippen molar-refractivity contribution in [2.24, 2.45) is 0 Å². The molecule has 4 heterocycles. The van der Waals surface area contributed by atoms with Crippen LogP contribution in [-0.4, -0.2) is 26.8 Å². The van der Waals surface area contributed by atoms with Crippen molar-refractivity contribution < 1.29 is 19.1 Å². The minimum absolute atomic E-state index is 0.0448. The molecule has 1 N–H and O–H groups in total. The lowest BCUT2D eigenvalue weighted by Gasteiger charge is -2.24. The highest BCUT2D eigenvalue weighted by Gasteiger charge is 2.46. The standard InChI is InChI=1S/C22H15N3O4S/c1-12-4-5-14-16(11-12)30-22(24-14)25-18(13-6-8-23-9-7-13)17(20(27)21(25)28)19(26)15-3-2-10-29-15/h2-11,18,27H,1H3. The number of carbonyl (C=O) groups excluding carboxylic acids is 2. The Bertz CT molecular complexity index is 1310. The zero-order chi connectivity index (χ0) is 20.8. The Labute approximate surface area is 174 Å². The molecule has 1 aliphatic heterocycles. The molecule has 1 unspecified atom stereocenters. The smallest absolute Gasteiger partial charge is 0.296 e. The van der Waals surface area contributed by atoms with Crippen LogP contribution in [0.2, 0.25) is 0 Å². The summed E-state index contributed by atoms with van der Waals surface area (Å²) in [5.74, 6) is -1.78. The number of hydrogen-bond acceptors (Lipinski definition) is 7. The lowest BCUT2D eigenvalue weighted by molar-refractivity contribution is -0.117. The average molecular weight is 417 g/mol. The summed E-state index contributed by atoms with van der Waals surface area (Å²) in [6, 6.07) is 11.5. The van der Waals surface area contributed by atoms with Gasteiger partial charge in [0.25, 0.3) is 5.91 Å². The molecule has 148 valence electrons. The highest BCUT2D eigenvalue weighted by atomic mass is 32.1. The summed E-state index contributed by atoms with van der Waals surface area (Å²) < 4.78 is 6.14. The molecule has 5 rings (SSSR count). The number of amides is 1. The maximum absolute atomic E-state index is 13.1. The molecule has 0 aliphatic carbocycles. The number of rotatable bonds is 4. The van der Waals surface area contributed by atoms with Crippen LogP contribution < -0.4 is 4.90 Å². The van der Waals surface area contributed by atoms with Crippen molar-refractivity contribution >= 4 is 38.4 Å². The number of aryl methyl sites for hydroxylation is 1. The number of benzene rings is 1. The molecule has 0 fully saturated rings. The molecule has 30 heavy (non-hydrogen) atoms. The van der Waals surface area contributed by atoms with Crippen molar-refractivity contribution in [1.82, 2.24) is 9.97 Å². The fourth-order valence-corrected chi connectivity index (χ4v) is 4.65. The first-order valence-corrected chi connectivity index (χ1v) is 9.98. The van der Waals surface area contributed by atoms with Crippen molar-refractivity contribution in [1.29, 1.82) is 0 Å². The average Bonchev–Trinajstić information content (AvgIpc) is 3.47. The van der Waals surface area contributed by atoms with Gasteiger partial charge in [0.1, 0.15) is 0 Å². The maximum Gasteiger partial charge on any atom is 0.296 e. The summed E-state index contributed by atoms with van der Waals surface area (Å²) in [5, 5.41) is 11.1. The summed E-state index contributed by atoms with van der Waals surface area (Å²) in [6.45, 7) is 1.98. The molecular formula is C22H15N3O4S. The first-order valence-electron chi connectivity index (χ1n) is 9.16. The van der Waals surface area contributed by atoms with Crippen molar-refractivity contribution in [2.75, 3.05) is 4.90 Å². The number of anilines is 1. The normalized spacial score (nSPS) is 16.6. The molecule has 0 radical (unpaired) electrons. The molecule has 1 atom stereocenters. The highest BCUT2D eigenvalue weighted by Crippen LogP contribution is 2.44. The molecular weight excluding hydrogens is 402 g/mol. The highest BCUT2D eigenvalue weighted by molar-refractivity contribution is 7.22. The third-order valence-electron chi connectivity index (χ3n) is 4.96. The van der Waals surface area contributed by atoms with E-state index in [1.165, 1.54) is 28.6 Å². The van der Waals surface area contributed by atoms with E-state index in [1.807, 2.05) is 25.1 Å². The zero-order valence-electron chi connectivity index (χ0n) is 15.8. The minimum atomic E-state index is -0.847. The van der Waals surface area contributed by atoms with Gasteiger partial charge in [0.2, 0.25) is 5.78 Å². The Balaban J connectivity index is 1.68. The monoisotopic (exact) mass is 417 g/mol. The number of carbonyl (C=O) groups is 2. The van der Waals surface area contributed by atoms with Crippen LogP contribution >= 0.6 is 11.3 Å². The van der Waals surface area contributed by atoms with Crippen molar-refractivity contribution in [3.63, 3.8) is 0 Å². The fourth-order valence-electron chi connectivity index (χ4n) is 3.56. The van der Waals surface area contributed by atoms with Crippen molar-refractivity contribution in [3.8, 4) is 0 Å². The van der Waals surface area contributed by atoms with Crippen LogP contribution in [0, 0.1) is 6.92 Å². The van der Waals surface area contributed by atoms with Gasteiger partial charge < -0.3 is 9.52 Å². The van der Waals surface area contributed by atoms with Crippen LogP contribution in [0.1, 0.15) is 27.7 Å². The molecule has 0 saturated heterocycles. The van der Waals surface area contributed by atoms with Crippen LogP contribution in [0.25, 0.3) is 10.2 Å². The number of fused-ring (bicyclic) bond motifs is 1. The van der Waals surface area contributed by atoms with Gasteiger partial charge in [-0.1, -0.05) is 17.4 Å². The second-order valence-corrected chi connectivity index (χ2v) is 7.90. The molecule has 1 amide bonds. The van der Waals surface area contributed by atoms with Crippen molar-refractivity contribution in [2.45, 2.75) is 13.0 Å². The van der Waals surface area contributed by atoms with Gasteiger partial charge in [0.05, 0.1) is 28.1 Å². The number of thiazole rings is 1. The number of aromatic nitrogens is 2. The third-order valence-corrected chi connectivity index (χ3v) is 5.98. The number of aliphatic hydroxyl groups is 1. The van der Waals surface area contributed by atoms with E-state index in [0.29, 0.717) is 10.7 Å². The van der Waals surface area contributed by atoms with Gasteiger partial charge in [-0.15, -0.1) is 0 Å². The van der Waals surface area contributed by atoms with E-state index in [-0.39, 0.29) is 11.3 Å². The number of nitrogens with zero attached hydrogens (tertiary/aromatic N) is 3. The Hall–Kier alpha value is -3.78. The number of pyridine rings is 1. The third kappa shape index (κ3) is 2.81. The van der Waals surface area contributed by atoms with Gasteiger partial charge in [-0.2, -0.15) is 0 Å². The number of aliphatic hydroxyl groups excluding tert-OH is 1. The van der Waals surface area contributed by atoms with E-state index < -0.39 is 23.5 Å². The van der Waals surface area contributed by atoms with E-state index in [4.69, 9.17) is 4.42 Å². The maximum atomic E-state index is 13.1. The molecule has 4 aromatic rings. The topological polar surface area (TPSA) is 96.5 Å². The molecule has 1 aliphatic rings. The predicted molar refractivity (Wildman–Crippen MR) is 112 cm³/mol. The first kappa shape index (κ1) is 18.3. The lowest BCUT2D eigenvalue weighted by atomic mass is 9.96. The van der Waals surface area contributed by atoms with Crippen LogP contribution in [0.4, 0.5) is 5.13 Å². The van der Waals surface area contributed by atoms with Crippen LogP contribution in [0.15, 0.2) is 76.9 Å². The summed E-state index contributed by atoms with van der Waals surface area (Å²) in [7, 11) is 0. The molecule has 8 heteroatoms. The number of hydrogen-bond donors (Lipinski definition) is 1. The molecule has 3 aromatic heterocycles. The van der Waals surface area contributed by atoms with Crippen LogP contribution in [-0.2, 0) is 4.79 Å². The zero-order valence-corrected chi connectivity index (χ0v) is 16.6. The molecule has 0 saturated carbocycles. The Morgan fingerprint density at radius 2 is 2.00 bits per heavy atom. The Morgan fingerprint density at radius 3 is 2.73 bits per heavy atom. The minimum Gasteiger partial charge on any atom is -0.503 e. The second-order valence-electron chi connectivity index (χ2n) is 6.89. The molecule has 7 nitrogen and oxygen atoms in total. The Kier molecular flexibility index (Phi) is 4.22. The number of furan rings is 1. The van der Waals surface area contributed by atoms with Crippen molar-refractivity contribution in [3.05, 3.63) is 89.3 Å². The molecule has 0 bridgehead atoms. The van der Waals surface area contributed by atoms with Crippen LogP contribution in [0.5, 0.6) is 0 Å². The summed E-state index contributed by atoms with van der Waals surface area (Å²) >= 11 is 1.33. The van der Waals surface area contributed by atoms with Gasteiger partial charge >= 0.3 is 0 Å². The molecule has 1 aromatic carbocycles. The lowest BCUT2D eigenvalue weighted by Crippen LogP contribution is -2.30. The first-order chi connectivity index (χ1) is 14.5. The van der Waals surface area contributed by atoms with E-state index in [1.54, 1.807) is 30.6 Å². The fraction of sp³-hybridized carbons (Fsp3) is 0.0909. The summed E-state index contributed by atoms with van der Waals surface area (Å²) in [6.07, 6.45) is 4.52. The van der Waals surface area contributed by atoms with Gasteiger partial charge in [-0.25, -0.2) is 4.98 Å². The van der Waals surface area contributed by atoms with Gasteiger partial charge in [0, 0.05) is 12.4 Å². The van der Waals surface area contributed by atoms with E-state index in [9.17, 15) is 14.7 Å². The van der Waals surface area contributed by atoms with Gasteiger partial charge in [-0.3, -0.25) is 19.5 Å². The molecule has 0 spiro atoms. The second kappa shape index (κ2) is 6.93. The summed E-state index contributed by atoms with van der Waals surface area (Å²) in [4.78, 5) is 36.2. The van der Waals surface area contributed by atoms with Gasteiger partial charge in [-0.05, 0) is 54.4 Å². The SMILES string of the molecule is Cc1ccc2nc(N3C(=O)C(O)=C(C(=O)c4ccco4)C3c3ccncc3)sc2c1. The number of ketones is 1. The quantitative estimate of drug-likeness (QED) is 0.495. The van der Waals surface area contributed by atoms with E-state index >= 15 is 0 Å².